The van der Waals surface area contributed by atoms with Crippen molar-refractivity contribution in [3.05, 3.63) is 70.8 Å². The highest BCUT2D eigenvalue weighted by molar-refractivity contribution is 5.71. The fraction of sp³-hybridized carbons (Fsp3) is 0.350. The zero-order valence-electron chi connectivity index (χ0n) is 13.5. The first-order valence-electron chi connectivity index (χ1n) is 8.31. The molecule has 0 aromatic heterocycles. The highest BCUT2D eigenvalue weighted by Crippen LogP contribution is 2.30. The van der Waals surface area contributed by atoms with Crippen molar-refractivity contribution < 1.29 is 9.53 Å². The van der Waals surface area contributed by atoms with E-state index < -0.39 is 0 Å². The van der Waals surface area contributed by atoms with Gasteiger partial charge in [-0.1, -0.05) is 48.5 Å². The predicted molar refractivity (Wildman–Crippen MR) is 91.4 cm³/mol. The second kappa shape index (κ2) is 7.42. The molecule has 2 aromatic rings. The normalized spacial score (nSPS) is 14.8. The summed E-state index contributed by atoms with van der Waals surface area (Å²) >= 11 is 0. The predicted octanol–water partition coefficient (Wildman–Crippen LogP) is 3.42. The number of esters is 1. The van der Waals surface area contributed by atoms with E-state index in [1.54, 1.807) is 0 Å². The average molecular weight is 309 g/mol. The first-order valence-corrected chi connectivity index (χ1v) is 8.31. The molecule has 0 bridgehead atoms. The maximum absolute atomic E-state index is 12.1. The van der Waals surface area contributed by atoms with Crippen LogP contribution in [0.5, 0.6) is 0 Å². The van der Waals surface area contributed by atoms with E-state index in [0.29, 0.717) is 13.0 Å². The van der Waals surface area contributed by atoms with Crippen LogP contribution in [0.2, 0.25) is 0 Å². The molecule has 1 unspecified atom stereocenters. The van der Waals surface area contributed by atoms with Gasteiger partial charge in [-0.3, -0.25) is 4.79 Å². The molecular weight excluding hydrogens is 286 g/mol. The van der Waals surface area contributed by atoms with Gasteiger partial charge in [0.25, 0.3) is 0 Å². The van der Waals surface area contributed by atoms with Crippen molar-refractivity contribution in [3.63, 3.8) is 0 Å². The minimum absolute atomic E-state index is 0.0513. The van der Waals surface area contributed by atoms with Gasteiger partial charge in [-0.05, 0) is 42.1 Å². The van der Waals surface area contributed by atoms with Gasteiger partial charge in [0, 0.05) is 12.5 Å². The number of rotatable bonds is 5. The number of benzene rings is 2. The highest BCUT2D eigenvalue weighted by atomic mass is 16.5. The topological polar surface area (TPSA) is 38.3 Å². The summed E-state index contributed by atoms with van der Waals surface area (Å²) in [5.74, 6) is -0.0869. The van der Waals surface area contributed by atoms with Crippen LogP contribution in [0.4, 0.5) is 0 Å². The molecule has 120 valence electrons. The van der Waals surface area contributed by atoms with Gasteiger partial charge in [0.05, 0.1) is 13.0 Å². The van der Waals surface area contributed by atoms with Gasteiger partial charge in [0.1, 0.15) is 0 Å². The molecule has 0 saturated carbocycles. The Hall–Kier alpha value is -2.13. The number of carbonyl (C=O) groups excluding carboxylic acids is 1. The molecule has 0 amide bonds. The van der Waals surface area contributed by atoms with E-state index >= 15 is 0 Å². The number of nitrogens with one attached hydrogen (secondary N) is 1. The monoisotopic (exact) mass is 309 g/mol. The van der Waals surface area contributed by atoms with E-state index in [0.717, 1.165) is 25.1 Å². The zero-order valence-corrected chi connectivity index (χ0v) is 13.5. The molecule has 0 aliphatic carbocycles. The molecule has 0 fully saturated rings. The van der Waals surface area contributed by atoms with Gasteiger partial charge in [-0.25, -0.2) is 0 Å². The molecule has 1 N–H and O–H groups in total. The molecule has 3 heteroatoms. The van der Waals surface area contributed by atoms with Gasteiger partial charge in [-0.15, -0.1) is 0 Å². The first-order chi connectivity index (χ1) is 11.3. The average Bonchev–Trinajstić information content (AvgIpc) is 2.60. The maximum atomic E-state index is 12.1. The molecule has 23 heavy (non-hydrogen) atoms. The number of fused-ring (bicyclic) bond motifs is 1. The Bertz CT molecular complexity index is 667. The molecule has 1 heterocycles. The highest BCUT2D eigenvalue weighted by Gasteiger charge is 2.20. The lowest BCUT2D eigenvalue weighted by molar-refractivity contribution is -0.143. The van der Waals surface area contributed by atoms with E-state index in [-0.39, 0.29) is 11.9 Å². The summed E-state index contributed by atoms with van der Waals surface area (Å²) in [5, 5.41) is 3.40. The molecule has 3 rings (SSSR count). The molecule has 0 radical (unpaired) electrons. The third-order valence-corrected chi connectivity index (χ3v) is 4.40. The van der Waals surface area contributed by atoms with E-state index in [9.17, 15) is 4.79 Å². The second-order valence-corrected chi connectivity index (χ2v) is 5.93. The van der Waals surface area contributed by atoms with E-state index in [1.807, 2.05) is 25.1 Å². The molecule has 0 spiro atoms. The maximum Gasteiger partial charge on any atom is 0.306 e. The Labute approximate surface area is 137 Å². The van der Waals surface area contributed by atoms with Crippen LogP contribution in [0.15, 0.2) is 48.5 Å². The van der Waals surface area contributed by atoms with E-state index in [1.165, 1.54) is 16.7 Å². The lowest BCUT2D eigenvalue weighted by atomic mass is 9.86. The smallest absolute Gasteiger partial charge is 0.306 e. The van der Waals surface area contributed by atoms with Crippen molar-refractivity contribution in [1.29, 1.82) is 0 Å². The number of hydrogen-bond acceptors (Lipinski definition) is 3. The van der Waals surface area contributed by atoms with Crippen molar-refractivity contribution in [1.82, 2.24) is 5.32 Å². The summed E-state index contributed by atoms with van der Waals surface area (Å²) < 4.78 is 5.18. The van der Waals surface area contributed by atoms with Gasteiger partial charge in [0.15, 0.2) is 0 Å². The molecule has 2 aromatic carbocycles. The number of hydrogen-bond donors (Lipinski definition) is 1. The zero-order chi connectivity index (χ0) is 16.1. The first kappa shape index (κ1) is 15.8. The van der Waals surface area contributed by atoms with E-state index in [2.05, 4.69) is 35.6 Å². The molecule has 1 aliphatic rings. The summed E-state index contributed by atoms with van der Waals surface area (Å²) in [7, 11) is 0. The number of ether oxygens (including phenoxy) is 1. The summed E-state index contributed by atoms with van der Waals surface area (Å²) in [4.78, 5) is 12.1. The summed E-state index contributed by atoms with van der Waals surface area (Å²) in [6, 6.07) is 16.8. The molecule has 1 aliphatic heterocycles. The van der Waals surface area contributed by atoms with Crippen LogP contribution < -0.4 is 5.32 Å². The van der Waals surface area contributed by atoms with Crippen LogP contribution in [0.1, 0.15) is 41.5 Å². The quantitative estimate of drug-likeness (QED) is 0.860. The van der Waals surface area contributed by atoms with Crippen LogP contribution in [0.3, 0.4) is 0 Å². The minimum Gasteiger partial charge on any atom is -0.466 e. The van der Waals surface area contributed by atoms with Crippen LogP contribution in [-0.4, -0.2) is 19.1 Å². The van der Waals surface area contributed by atoms with Crippen molar-refractivity contribution in [2.75, 3.05) is 13.2 Å². The fourth-order valence-corrected chi connectivity index (χ4v) is 3.21. The van der Waals surface area contributed by atoms with E-state index in [4.69, 9.17) is 4.74 Å². The second-order valence-electron chi connectivity index (χ2n) is 5.93. The molecule has 0 saturated heterocycles. The Kier molecular flexibility index (Phi) is 5.09. The Morgan fingerprint density at radius 2 is 1.96 bits per heavy atom. The Balaban J connectivity index is 1.93. The van der Waals surface area contributed by atoms with Crippen molar-refractivity contribution in [2.45, 2.75) is 32.2 Å². The van der Waals surface area contributed by atoms with Crippen molar-refractivity contribution in [3.8, 4) is 0 Å². The minimum atomic E-state index is -0.138. The lowest BCUT2D eigenvalue weighted by Crippen LogP contribution is -2.23. The lowest BCUT2D eigenvalue weighted by Gasteiger charge is -2.22. The van der Waals surface area contributed by atoms with Crippen molar-refractivity contribution in [2.24, 2.45) is 0 Å². The van der Waals surface area contributed by atoms with Crippen LogP contribution in [-0.2, 0) is 22.5 Å². The van der Waals surface area contributed by atoms with Crippen LogP contribution in [0.25, 0.3) is 0 Å². The molecule has 3 nitrogen and oxygen atoms in total. The standard InChI is InChI=1S/C20H23NO2/c1-2-23-20(22)13-19(15-6-4-3-5-7-15)17-8-9-18-14-21-11-10-16(18)12-17/h3-9,12,19,21H,2,10-11,13-14H2,1H3. The number of carbonyl (C=O) groups is 1. The molecule has 1 atom stereocenters. The van der Waals surface area contributed by atoms with Gasteiger partial charge in [0.2, 0.25) is 0 Å². The van der Waals surface area contributed by atoms with Gasteiger partial charge >= 0.3 is 5.97 Å². The Morgan fingerprint density at radius 3 is 2.74 bits per heavy atom. The van der Waals surface area contributed by atoms with Crippen LogP contribution >= 0.6 is 0 Å². The van der Waals surface area contributed by atoms with Gasteiger partial charge in [-0.2, -0.15) is 0 Å². The van der Waals surface area contributed by atoms with Crippen molar-refractivity contribution >= 4 is 5.97 Å². The SMILES string of the molecule is CCOC(=O)CC(c1ccccc1)c1ccc2c(c1)CCNC2. The van der Waals surface area contributed by atoms with Crippen LogP contribution in [0, 0.1) is 0 Å². The summed E-state index contributed by atoms with van der Waals surface area (Å²) in [6.07, 6.45) is 1.43. The summed E-state index contributed by atoms with van der Waals surface area (Å²) in [5.41, 5.74) is 5.12. The third-order valence-electron chi connectivity index (χ3n) is 4.40. The fourth-order valence-electron chi connectivity index (χ4n) is 3.21. The largest absolute Gasteiger partial charge is 0.466 e. The summed E-state index contributed by atoms with van der Waals surface area (Å²) in [6.45, 7) is 4.23. The van der Waals surface area contributed by atoms with Gasteiger partial charge < -0.3 is 10.1 Å². The third kappa shape index (κ3) is 3.80. The molecular formula is C20H23NO2. The Morgan fingerprint density at radius 1 is 1.13 bits per heavy atom.